The molecule has 3 nitrogen and oxygen atoms in total. The van der Waals surface area contributed by atoms with Crippen LogP contribution >= 0.6 is 22.6 Å². The lowest BCUT2D eigenvalue weighted by Gasteiger charge is -1.94. The van der Waals surface area contributed by atoms with Crippen LogP contribution in [0.2, 0.25) is 0 Å². The Hall–Kier alpha value is 0.160. The fourth-order valence-electron chi connectivity index (χ4n) is 0.101. The number of nitrogens with two attached hydrogens (primary N) is 1. The molecule has 0 spiro atoms. The fourth-order valence-corrected chi connectivity index (χ4v) is 0.101. The van der Waals surface area contributed by atoms with Crippen molar-refractivity contribution in [3.63, 3.8) is 0 Å². The van der Waals surface area contributed by atoms with Crippen molar-refractivity contribution in [3.8, 4) is 0 Å². The highest BCUT2D eigenvalue weighted by Crippen LogP contribution is 1.95. The average molecular weight is 215 g/mol. The second kappa shape index (κ2) is 3.20. The summed E-state index contributed by atoms with van der Waals surface area (Å²) in [5, 5.41) is 8.09. The van der Waals surface area contributed by atoms with Gasteiger partial charge in [-0.1, -0.05) is 22.6 Å². The van der Waals surface area contributed by atoms with E-state index in [4.69, 9.17) is 10.8 Å². The van der Waals surface area contributed by atoms with E-state index in [0.29, 0.717) is 0 Å². The van der Waals surface area contributed by atoms with Gasteiger partial charge in [0.15, 0.2) is 0 Å². The lowest BCUT2D eigenvalue weighted by atomic mass is 10.4. The van der Waals surface area contributed by atoms with Crippen LogP contribution in [0.5, 0.6) is 0 Å². The Balaban J connectivity index is 3.34. The normalized spacial score (nSPS) is 13.4. The van der Waals surface area contributed by atoms with E-state index >= 15 is 0 Å². The number of rotatable bonds is 2. The van der Waals surface area contributed by atoms with Gasteiger partial charge in [0.25, 0.3) is 0 Å². The van der Waals surface area contributed by atoms with E-state index in [2.05, 4.69) is 0 Å². The molecule has 0 fully saturated rings. The van der Waals surface area contributed by atoms with Crippen LogP contribution in [0.15, 0.2) is 0 Å². The second-order valence-corrected chi connectivity index (χ2v) is 2.55. The monoisotopic (exact) mass is 215 g/mol. The molecule has 0 aromatic carbocycles. The summed E-state index contributed by atoms with van der Waals surface area (Å²) in [6, 6.07) is 0. The molecular formula is C3H6INO2. The quantitative estimate of drug-likeness (QED) is 0.496. The molecular weight excluding hydrogens is 209 g/mol. The molecule has 0 aliphatic rings. The second-order valence-electron chi connectivity index (χ2n) is 1.04. The molecule has 0 radical (unpaired) electrons. The number of carboxylic acids is 1. The lowest BCUT2D eigenvalue weighted by Crippen LogP contribution is -2.22. The molecule has 0 rings (SSSR count). The van der Waals surface area contributed by atoms with Crippen LogP contribution in [-0.4, -0.2) is 21.5 Å². The smallest absolute Gasteiger partial charge is 0.317 e. The van der Waals surface area contributed by atoms with Crippen LogP contribution in [0.1, 0.15) is 0 Å². The van der Waals surface area contributed by atoms with E-state index in [9.17, 15) is 4.79 Å². The molecule has 0 aliphatic carbocycles. The summed E-state index contributed by atoms with van der Waals surface area (Å²) in [7, 11) is 0. The van der Waals surface area contributed by atoms with Gasteiger partial charge in [0.05, 0.1) is 0 Å². The van der Waals surface area contributed by atoms with Gasteiger partial charge in [-0.05, 0) is 0 Å². The summed E-state index contributed by atoms with van der Waals surface area (Å²) in [5.74, 6) is -0.844. The van der Waals surface area contributed by atoms with Crippen molar-refractivity contribution in [1.29, 1.82) is 0 Å². The summed E-state index contributed by atoms with van der Waals surface area (Å²) in [5.41, 5.74) is 4.98. The third kappa shape index (κ3) is 2.81. The largest absolute Gasteiger partial charge is 0.480 e. The Morgan fingerprint density at radius 1 is 2.00 bits per heavy atom. The number of alkyl halides is 1. The van der Waals surface area contributed by atoms with Gasteiger partial charge in [0.2, 0.25) is 0 Å². The minimum absolute atomic E-state index is 0.204. The highest BCUT2D eigenvalue weighted by molar-refractivity contribution is 14.1. The molecule has 0 aliphatic heterocycles. The third-order valence-corrected chi connectivity index (χ3v) is 1.52. The molecule has 0 aromatic heterocycles. The van der Waals surface area contributed by atoms with Crippen molar-refractivity contribution in [2.75, 3.05) is 6.54 Å². The van der Waals surface area contributed by atoms with E-state index < -0.39 is 9.89 Å². The standard InChI is InChI=1S/C3H6INO2/c4-2(1-5)3(6)7/h2H,1,5H2,(H,6,7). The summed E-state index contributed by atoms with van der Waals surface area (Å²) in [4.78, 5) is 9.84. The summed E-state index contributed by atoms with van der Waals surface area (Å²) in [6.07, 6.45) is 0. The first kappa shape index (κ1) is 7.16. The van der Waals surface area contributed by atoms with Crippen LogP contribution in [0, 0.1) is 0 Å². The molecule has 0 heterocycles. The average Bonchev–Trinajstić information content (AvgIpc) is 1.65. The number of aliphatic carboxylic acids is 1. The van der Waals surface area contributed by atoms with Crippen molar-refractivity contribution in [1.82, 2.24) is 0 Å². The highest BCUT2D eigenvalue weighted by atomic mass is 127. The predicted molar refractivity (Wildman–Crippen MR) is 34.5 cm³/mol. The summed E-state index contributed by atoms with van der Waals surface area (Å²) < 4.78 is -0.433. The molecule has 42 valence electrons. The zero-order valence-electron chi connectivity index (χ0n) is 3.60. The van der Waals surface area contributed by atoms with Gasteiger partial charge in [-0.3, -0.25) is 4.79 Å². The first-order valence-electron chi connectivity index (χ1n) is 1.75. The van der Waals surface area contributed by atoms with Crippen LogP contribution in [-0.2, 0) is 4.79 Å². The van der Waals surface area contributed by atoms with Gasteiger partial charge in [-0.15, -0.1) is 0 Å². The van der Waals surface area contributed by atoms with Crippen molar-refractivity contribution < 1.29 is 9.90 Å². The SMILES string of the molecule is NCC(I)C(=O)O. The topological polar surface area (TPSA) is 63.3 Å². The van der Waals surface area contributed by atoms with E-state index in [1.54, 1.807) is 22.6 Å². The van der Waals surface area contributed by atoms with Gasteiger partial charge < -0.3 is 10.8 Å². The van der Waals surface area contributed by atoms with Crippen LogP contribution < -0.4 is 5.73 Å². The highest BCUT2D eigenvalue weighted by Gasteiger charge is 2.07. The minimum atomic E-state index is -0.844. The maximum atomic E-state index is 9.84. The van der Waals surface area contributed by atoms with Gasteiger partial charge >= 0.3 is 5.97 Å². The molecule has 3 N–H and O–H groups in total. The molecule has 0 aromatic rings. The van der Waals surface area contributed by atoms with Crippen molar-refractivity contribution in [2.45, 2.75) is 3.92 Å². The van der Waals surface area contributed by atoms with Gasteiger partial charge in [0, 0.05) is 6.54 Å². The minimum Gasteiger partial charge on any atom is -0.480 e. The van der Waals surface area contributed by atoms with E-state index in [1.807, 2.05) is 0 Å². The van der Waals surface area contributed by atoms with Crippen molar-refractivity contribution >= 4 is 28.6 Å². The number of hydrogen-bond acceptors (Lipinski definition) is 2. The molecule has 0 bridgehead atoms. The molecule has 0 amide bonds. The Kier molecular flexibility index (Phi) is 3.27. The molecule has 0 saturated heterocycles. The Bertz CT molecular complexity index is 75.3. The van der Waals surface area contributed by atoms with Gasteiger partial charge in [0.1, 0.15) is 3.92 Å². The zero-order valence-corrected chi connectivity index (χ0v) is 5.75. The van der Waals surface area contributed by atoms with Gasteiger partial charge in [-0.2, -0.15) is 0 Å². The maximum Gasteiger partial charge on any atom is 0.317 e. The predicted octanol–water partition coefficient (Wildman–Crippen LogP) is -0.167. The number of halogens is 1. The summed E-state index contributed by atoms with van der Waals surface area (Å²) >= 11 is 1.77. The molecule has 7 heavy (non-hydrogen) atoms. The molecule has 1 atom stereocenters. The van der Waals surface area contributed by atoms with E-state index in [0.717, 1.165) is 0 Å². The fraction of sp³-hybridized carbons (Fsp3) is 0.667. The zero-order chi connectivity index (χ0) is 5.86. The van der Waals surface area contributed by atoms with Crippen LogP contribution in [0.3, 0.4) is 0 Å². The Labute approximate surface area is 55.0 Å². The number of hydrogen-bond donors (Lipinski definition) is 2. The first-order chi connectivity index (χ1) is 3.18. The molecule has 0 saturated carbocycles. The summed E-state index contributed by atoms with van der Waals surface area (Å²) in [6.45, 7) is 0.204. The van der Waals surface area contributed by atoms with Gasteiger partial charge in [-0.25, -0.2) is 0 Å². The van der Waals surface area contributed by atoms with E-state index in [1.165, 1.54) is 0 Å². The van der Waals surface area contributed by atoms with E-state index in [-0.39, 0.29) is 6.54 Å². The number of carboxylic acid groups (broad SMARTS) is 1. The van der Waals surface area contributed by atoms with Crippen molar-refractivity contribution in [3.05, 3.63) is 0 Å². The van der Waals surface area contributed by atoms with Crippen molar-refractivity contribution in [2.24, 2.45) is 5.73 Å². The third-order valence-electron chi connectivity index (χ3n) is 0.475. The Morgan fingerprint density at radius 2 is 2.43 bits per heavy atom. The van der Waals surface area contributed by atoms with Crippen LogP contribution in [0.25, 0.3) is 0 Å². The number of carbonyl (C=O) groups is 1. The Morgan fingerprint density at radius 3 is 2.43 bits per heavy atom. The first-order valence-corrected chi connectivity index (χ1v) is 3.00. The lowest BCUT2D eigenvalue weighted by molar-refractivity contribution is -0.135. The molecule has 4 heteroatoms. The molecule has 1 unspecified atom stereocenters. The van der Waals surface area contributed by atoms with Crippen LogP contribution in [0.4, 0.5) is 0 Å². The maximum absolute atomic E-state index is 9.84.